The molecule has 0 aliphatic carbocycles. The maximum Gasteiger partial charge on any atom is 0.303 e. The van der Waals surface area contributed by atoms with Crippen molar-refractivity contribution in [3.8, 4) is 0 Å². The molecule has 1 fully saturated rings. The van der Waals surface area contributed by atoms with Crippen LogP contribution >= 0.6 is 0 Å². The molecule has 1 aliphatic rings. The van der Waals surface area contributed by atoms with E-state index in [1.54, 1.807) is 24.5 Å². The standard InChI is InChI=1S/C18H27N3O5S/c22-17(7-8-18(23)24)20(15-16-6-5-9-19-14-16)12-13-27(25,26)21-10-3-1-2-4-11-21/h5-6,9,14H,1-4,7-8,10-13,15H2,(H,23,24). The number of nitrogens with zero attached hydrogens (tertiary/aromatic N) is 3. The van der Waals surface area contributed by atoms with Crippen molar-refractivity contribution >= 4 is 21.9 Å². The lowest BCUT2D eigenvalue weighted by molar-refractivity contribution is -0.141. The van der Waals surface area contributed by atoms with Crippen LogP contribution in [0.5, 0.6) is 0 Å². The van der Waals surface area contributed by atoms with Gasteiger partial charge in [-0.2, -0.15) is 0 Å². The zero-order chi connectivity index (χ0) is 19.7. The van der Waals surface area contributed by atoms with Crippen LogP contribution in [-0.4, -0.2) is 65.0 Å². The topological polar surface area (TPSA) is 108 Å². The first-order chi connectivity index (χ1) is 12.9. The third-order valence-electron chi connectivity index (χ3n) is 4.58. The number of amides is 1. The number of pyridine rings is 1. The van der Waals surface area contributed by atoms with Crippen LogP contribution in [0.4, 0.5) is 0 Å². The SMILES string of the molecule is O=C(O)CCC(=O)N(CCS(=O)(=O)N1CCCCCC1)Cc1cccnc1. The van der Waals surface area contributed by atoms with Crippen molar-refractivity contribution in [2.45, 2.75) is 45.1 Å². The van der Waals surface area contributed by atoms with Crippen LogP contribution in [0, 0.1) is 0 Å². The Kier molecular flexibility index (Phi) is 8.18. The van der Waals surface area contributed by atoms with Gasteiger partial charge in [0.1, 0.15) is 0 Å². The molecule has 0 bridgehead atoms. The molecule has 2 rings (SSSR count). The van der Waals surface area contributed by atoms with Crippen molar-refractivity contribution in [2.75, 3.05) is 25.4 Å². The first-order valence-electron chi connectivity index (χ1n) is 9.25. The summed E-state index contributed by atoms with van der Waals surface area (Å²) in [4.78, 5) is 28.6. The van der Waals surface area contributed by atoms with Gasteiger partial charge >= 0.3 is 5.97 Å². The molecule has 0 radical (unpaired) electrons. The van der Waals surface area contributed by atoms with Gasteiger partial charge in [0.15, 0.2) is 0 Å². The van der Waals surface area contributed by atoms with E-state index in [1.807, 2.05) is 0 Å². The summed E-state index contributed by atoms with van der Waals surface area (Å²) in [5.41, 5.74) is 0.772. The molecule has 0 saturated carbocycles. The van der Waals surface area contributed by atoms with E-state index in [9.17, 15) is 18.0 Å². The second kappa shape index (κ2) is 10.4. The Bertz CT molecular complexity index is 716. The van der Waals surface area contributed by atoms with Crippen LogP contribution in [0.1, 0.15) is 44.1 Å². The second-order valence-electron chi connectivity index (χ2n) is 6.70. The number of hydrogen-bond acceptors (Lipinski definition) is 5. The molecule has 0 spiro atoms. The summed E-state index contributed by atoms with van der Waals surface area (Å²) in [7, 11) is -3.45. The summed E-state index contributed by atoms with van der Waals surface area (Å²) >= 11 is 0. The Balaban J connectivity index is 2.03. The Morgan fingerprint density at radius 3 is 2.44 bits per heavy atom. The van der Waals surface area contributed by atoms with Crippen LogP contribution in [0.15, 0.2) is 24.5 Å². The lowest BCUT2D eigenvalue weighted by Crippen LogP contribution is -2.40. The zero-order valence-corrected chi connectivity index (χ0v) is 16.2. The Morgan fingerprint density at radius 2 is 1.85 bits per heavy atom. The van der Waals surface area contributed by atoms with Gasteiger partial charge in [-0.25, -0.2) is 12.7 Å². The molecule has 1 aromatic heterocycles. The summed E-state index contributed by atoms with van der Waals surface area (Å²) < 4.78 is 26.8. The predicted molar refractivity (Wildman–Crippen MR) is 100 cm³/mol. The normalized spacial score (nSPS) is 15.9. The average molecular weight is 397 g/mol. The van der Waals surface area contributed by atoms with E-state index in [4.69, 9.17) is 5.11 Å². The largest absolute Gasteiger partial charge is 0.481 e. The van der Waals surface area contributed by atoms with E-state index in [0.29, 0.717) is 13.1 Å². The molecule has 1 aliphatic heterocycles. The number of aromatic nitrogens is 1. The summed E-state index contributed by atoms with van der Waals surface area (Å²) in [5.74, 6) is -1.58. The van der Waals surface area contributed by atoms with Crippen molar-refractivity contribution in [3.63, 3.8) is 0 Å². The second-order valence-corrected chi connectivity index (χ2v) is 8.79. The summed E-state index contributed by atoms with van der Waals surface area (Å²) in [6.45, 7) is 1.30. The average Bonchev–Trinajstić information content (AvgIpc) is 2.94. The van der Waals surface area contributed by atoms with Gasteiger partial charge < -0.3 is 10.0 Å². The van der Waals surface area contributed by atoms with Gasteiger partial charge in [0.05, 0.1) is 12.2 Å². The quantitative estimate of drug-likeness (QED) is 0.676. The number of carboxylic acid groups (broad SMARTS) is 1. The van der Waals surface area contributed by atoms with Crippen LogP contribution < -0.4 is 0 Å². The molecule has 150 valence electrons. The van der Waals surface area contributed by atoms with Gasteiger partial charge in [-0.3, -0.25) is 14.6 Å². The van der Waals surface area contributed by atoms with E-state index < -0.39 is 16.0 Å². The minimum Gasteiger partial charge on any atom is -0.481 e. The van der Waals surface area contributed by atoms with Crippen LogP contribution in [0.2, 0.25) is 0 Å². The summed E-state index contributed by atoms with van der Waals surface area (Å²) in [6.07, 6.45) is 6.58. The fraction of sp³-hybridized carbons (Fsp3) is 0.611. The molecule has 0 aromatic carbocycles. The van der Waals surface area contributed by atoms with Crippen LogP contribution in [0.3, 0.4) is 0 Å². The minimum atomic E-state index is -3.45. The molecule has 0 atom stereocenters. The maximum absolute atomic E-state index is 12.7. The van der Waals surface area contributed by atoms with E-state index in [0.717, 1.165) is 31.2 Å². The third-order valence-corrected chi connectivity index (χ3v) is 6.43. The number of carbonyl (C=O) groups is 2. The molecule has 0 unspecified atom stereocenters. The maximum atomic E-state index is 12.7. The number of hydrogen-bond donors (Lipinski definition) is 1. The first kappa shape index (κ1) is 21.3. The molecule has 2 heterocycles. The number of sulfonamides is 1. The number of carbonyl (C=O) groups excluding carboxylic acids is 1. The highest BCUT2D eigenvalue weighted by Crippen LogP contribution is 2.15. The van der Waals surface area contributed by atoms with E-state index in [1.165, 1.54) is 9.21 Å². The van der Waals surface area contributed by atoms with Gasteiger partial charge in [0.25, 0.3) is 0 Å². The van der Waals surface area contributed by atoms with E-state index in [-0.39, 0.29) is 37.6 Å². The molecule has 27 heavy (non-hydrogen) atoms. The first-order valence-corrected chi connectivity index (χ1v) is 10.9. The van der Waals surface area contributed by atoms with Gasteiger partial charge in [0, 0.05) is 45.0 Å². The molecule has 8 nitrogen and oxygen atoms in total. The molecular formula is C18H27N3O5S. The van der Waals surface area contributed by atoms with Crippen molar-refractivity contribution in [2.24, 2.45) is 0 Å². The van der Waals surface area contributed by atoms with Crippen molar-refractivity contribution in [1.29, 1.82) is 0 Å². The number of aliphatic carboxylic acids is 1. The van der Waals surface area contributed by atoms with Gasteiger partial charge in [-0.1, -0.05) is 18.9 Å². The fourth-order valence-electron chi connectivity index (χ4n) is 3.05. The molecule has 1 amide bonds. The Hall–Kier alpha value is -2.00. The van der Waals surface area contributed by atoms with Crippen LogP contribution in [-0.2, 0) is 26.2 Å². The Labute approximate surface area is 160 Å². The molecule has 1 aromatic rings. The lowest BCUT2D eigenvalue weighted by atomic mass is 10.2. The van der Waals surface area contributed by atoms with Crippen molar-refractivity contribution < 1.29 is 23.1 Å². The summed E-state index contributed by atoms with van der Waals surface area (Å²) in [5, 5.41) is 8.81. The van der Waals surface area contributed by atoms with Gasteiger partial charge in [0.2, 0.25) is 15.9 Å². The molecule has 1 saturated heterocycles. The zero-order valence-electron chi connectivity index (χ0n) is 15.4. The van der Waals surface area contributed by atoms with Gasteiger partial charge in [-0.05, 0) is 24.5 Å². The molecular weight excluding hydrogens is 370 g/mol. The van der Waals surface area contributed by atoms with E-state index >= 15 is 0 Å². The monoisotopic (exact) mass is 397 g/mol. The summed E-state index contributed by atoms with van der Waals surface area (Å²) in [6, 6.07) is 3.54. The predicted octanol–water partition coefficient (Wildman–Crippen LogP) is 1.48. The highest BCUT2D eigenvalue weighted by atomic mass is 32.2. The lowest BCUT2D eigenvalue weighted by Gasteiger charge is -2.25. The number of rotatable bonds is 9. The van der Waals surface area contributed by atoms with Crippen LogP contribution in [0.25, 0.3) is 0 Å². The van der Waals surface area contributed by atoms with Gasteiger partial charge in [-0.15, -0.1) is 0 Å². The molecule has 9 heteroatoms. The molecule has 1 N–H and O–H groups in total. The highest BCUT2D eigenvalue weighted by Gasteiger charge is 2.25. The Morgan fingerprint density at radius 1 is 1.15 bits per heavy atom. The highest BCUT2D eigenvalue weighted by molar-refractivity contribution is 7.89. The van der Waals surface area contributed by atoms with E-state index in [2.05, 4.69) is 4.98 Å². The fourth-order valence-corrected chi connectivity index (χ4v) is 4.57. The minimum absolute atomic E-state index is 0.0339. The van der Waals surface area contributed by atoms with Crippen molar-refractivity contribution in [1.82, 2.24) is 14.2 Å². The smallest absolute Gasteiger partial charge is 0.303 e. The third kappa shape index (κ3) is 7.26. The van der Waals surface area contributed by atoms with Crippen molar-refractivity contribution in [3.05, 3.63) is 30.1 Å². The number of carboxylic acids is 1.